The van der Waals surface area contributed by atoms with Gasteiger partial charge in [-0.05, 0) is 43.7 Å². The highest BCUT2D eigenvalue weighted by molar-refractivity contribution is 5.95. The molecule has 2 saturated heterocycles. The van der Waals surface area contributed by atoms with Gasteiger partial charge >= 0.3 is 0 Å². The minimum Gasteiger partial charge on any atom is -0.378 e. The van der Waals surface area contributed by atoms with Gasteiger partial charge in [0.15, 0.2) is 5.82 Å². The van der Waals surface area contributed by atoms with Crippen LogP contribution in [-0.2, 0) is 9.53 Å². The predicted octanol–water partition coefficient (Wildman–Crippen LogP) is 4.34. The minimum atomic E-state index is -2.81. The van der Waals surface area contributed by atoms with Gasteiger partial charge in [0.1, 0.15) is 5.82 Å². The lowest BCUT2D eigenvalue weighted by Gasteiger charge is -2.28. The first-order chi connectivity index (χ1) is 19.1. The van der Waals surface area contributed by atoms with Gasteiger partial charge in [0.2, 0.25) is 11.9 Å². The van der Waals surface area contributed by atoms with Crippen LogP contribution in [0.25, 0.3) is 28.2 Å². The quantitative estimate of drug-likeness (QED) is 0.381. The van der Waals surface area contributed by atoms with Gasteiger partial charge < -0.3 is 20.3 Å². The minimum absolute atomic E-state index is 0.0482. The van der Waals surface area contributed by atoms with Crippen molar-refractivity contribution < 1.29 is 18.3 Å². The van der Waals surface area contributed by atoms with Crippen molar-refractivity contribution in [2.45, 2.75) is 31.7 Å². The Balaban J connectivity index is 1.38. The molecular weight excluding hydrogens is 504 g/mol. The lowest BCUT2D eigenvalue weighted by atomic mass is 10.0. The Morgan fingerprint density at radius 2 is 1.82 bits per heavy atom. The second-order valence-electron chi connectivity index (χ2n) is 9.67. The molecule has 4 aromatic rings. The number of halogens is 2. The molecule has 6 rings (SSSR count). The molecule has 0 spiro atoms. The molecule has 0 bridgehead atoms. The number of hydrogen-bond donors (Lipinski definition) is 2. The van der Waals surface area contributed by atoms with Gasteiger partial charge in [-0.1, -0.05) is 30.7 Å². The zero-order valence-corrected chi connectivity index (χ0v) is 21.3. The van der Waals surface area contributed by atoms with Crippen LogP contribution in [0.15, 0.2) is 54.6 Å². The molecule has 39 heavy (non-hydrogen) atoms. The first-order valence-corrected chi connectivity index (χ1v) is 13.2. The second kappa shape index (κ2) is 11.0. The molecule has 2 N–H and O–H groups in total. The molecule has 4 heterocycles. The molecule has 0 radical (unpaired) electrons. The SMILES string of the molecule is O=C(Nc1ccc(-c2cc(N3CCOCC3)nc(-n3c(C(F)F)nc4ccccc43)n2)cc1)[C@H]1CCCCN1. The average molecular weight is 534 g/mol. The van der Waals surface area contributed by atoms with E-state index in [-0.39, 0.29) is 17.9 Å². The van der Waals surface area contributed by atoms with E-state index in [0.717, 1.165) is 31.4 Å². The number of nitrogens with zero attached hydrogens (tertiary/aromatic N) is 5. The Morgan fingerprint density at radius 3 is 2.56 bits per heavy atom. The third-order valence-electron chi connectivity index (χ3n) is 7.09. The lowest BCUT2D eigenvalue weighted by Crippen LogP contribution is -2.43. The number of fused-ring (bicyclic) bond motifs is 1. The number of aromatic nitrogens is 4. The monoisotopic (exact) mass is 533 g/mol. The van der Waals surface area contributed by atoms with Gasteiger partial charge in [-0.15, -0.1) is 0 Å². The van der Waals surface area contributed by atoms with E-state index in [0.29, 0.717) is 54.5 Å². The normalized spacial score (nSPS) is 18.0. The van der Waals surface area contributed by atoms with Gasteiger partial charge in [-0.25, -0.2) is 18.7 Å². The number of carbonyl (C=O) groups is 1. The Labute approximate surface area is 224 Å². The number of nitrogens with one attached hydrogen (secondary N) is 2. The summed E-state index contributed by atoms with van der Waals surface area (Å²) in [6, 6.07) is 16.0. The summed E-state index contributed by atoms with van der Waals surface area (Å²) in [4.78, 5) is 28.3. The van der Waals surface area contributed by atoms with Crippen molar-refractivity contribution in [1.82, 2.24) is 24.8 Å². The number of rotatable bonds is 6. The highest BCUT2D eigenvalue weighted by Crippen LogP contribution is 2.30. The summed E-state index contributed by atoms with van der Waals surface area (Å²) in [7, 11) is 0. The molecule has 1 amide bonds. The van der Waals surface area contributed by atoms with Crippen LogP contribution in [0.4, 0.5) is 20.3 Å². The van der Waals surface area contributed by atoms with Crippen LogP contribution in [0.3, 0.4) is 0 Å². The number of para-hydroxylation sites is 2. The molecule has 0 unspecified atom stereocenters. The van der Waals surface area contributed by atoms with Crippen LogP contribution in [0.2, 0.25) is 0 Å². The third kappa shape index (κ3) is 5.32. The number of imidazole rings is 1. The summed E-state index contributed by atoms with van der Waals surface area (Å²) in [5.41, 5.74) is 2.98. The van der Waals surface area contributed by atoms with Gasteiger partial charge in [0.05, 0.1) is 36.0 Å². The maximum atomic E-state index is 14.1. The summed E-state index contributed by atoms with van der Waals surface area (Å²) in [5, 5.41) is 6.23. The number of amides is 1. The summed E-state index contributed by atoms with van der Waals surface area (Å²) >= 11 is 0. The molecule has 2 fully saturated rings. The van der Waals surface area contributed by atoms with Crippen molar-refractivity contribution >= 4 is 28.4 Å². The van der Waals surface area contributed by atoms with Crippen LogP contribution < -0.4 is 15.5 Å². The van der Waals surface area contributed by atoms with Crippen LogP contribution >= 0.6 is 0 Å². The van der Waals surface area contributed by atoms with E-state index < -0.39 is 12.2 Å². The predicted molar refractivity (Wildman–Crippen MR) is 144 cm³/mol. The van der Waals surface area contributed by atoms with E-state index in [1.807, 2.05) is 30.3 Å². The van der Waals surface area contributed by atoms with E-state index in [9.17, 15) is 13.6 Å². The molecule has 2 aliphatic rings. The maximum absolute atomic E-state index is 14.1. The number of anilines is 2. The molecule has 2 aromatic heterocycles. The van der Waals surface area contributed by atoms with E-state index in [4.69, 9.17) is 14.7 Å². The smallest absolute Gasteiger partial charge is 0.296 e. The maximum Gasteiger partial charge on any atom is 0.296 e. The molecular formula is C28H29F2N7O2. The van der Waals surface area contributed by atoms with Crippen LogP contribution in [0, 0.1) is 0 Å². The number of piperidine rings is 1. The summed E-state index contributed by atoms with van der Waals surface area (Å²) in [6.07, 6.45) is 0.129. The highest BCUT2D eigenvalue weighted by Gasteiger charge is 2.24. The molecule has 0 saturated carbocycles. The number of alkyl halides is 2. The Morgan fingerprint density at radius 1 is 1.03 bits per heavy atom. The zero-order chi connectivity index (χ0) is 26.8. The summed E-state index contributed by atoms with van der Waals surface area (Å²) in [6.45, 7) is 3.20. The first kappa shape index (κ1) is 25.3. The Kier molecular flexibility index (Phi) is 7.16. The van der Waals surface area contributed by atoms with E-state index >= 15 is 0 Å². The molecule has 202 valence electrons. The Bertz CT molecular complexity index is 1460. The van der Waals surface area contributed by atoms with Crippen molar-refractivity contribution in [2.24, 2.45) is 0 Å². The second-order valence-corrected chi connectivity index (χ2v) is 9.67. The first-order valence-electron chi connectivity index (χ1n) is 13.2. The van der Waals surface area contributed by atoms with Crippen molar-refractivity contribution in [3.63, 3.8) is 0 Å². The molecule has 0 aliphatic carbocycles. The van der Waals surface area contributed by atoms with Crippen molar-refractivity contribution in [3.05, 3.63) is 60.4 Å². The summed E-state index contributed by atoms with van der Waals surface area (Å²) < 4.78 is 35.0. The van der Waals surface area contributed by atoms with Crippen molar-refractivity contribution in [2.75, 3.05) is 43.1 Å². The van der Waals surface area contributed by atoms with Crippen molar-refractivity contribution in [3.8, 4) is 17.2 Å². The topological polar surface area (TPSA) is 97.2 Å². The lowest BCUT2D eigenvalue weighted by molar-refractivity contribution is -0.118. The zero-order valence-electron chi connectivity index (χ0n) is 21.3. The van der Waals surface area contributed by atoms with Gasteiger partial charge in [0, 0.05) is 30.4 Å². The van der Waals surface area contributed by atoms with E-state index in [2.05, 4.69) is 20.5 Å². The van der Waals surface area contributed by atoms with Gasteiger partial charge in [0.25, 0.3) is 6.43 Å². The molecule has 9 nitrogen and oxygen atoms in total. The molecule has 1 atom stereocenters. The number of benzene rings is 2. The van der Waals surface area contributed by atoms with Crippen LogP contribution in [-0.4, -0.2) is 64.3 Å². The molecule has 2 aliphatic heterocycles. The fourth-order valence-corrected chi connectivity index (χ4v) is 5.05. The van der Waals surface area contributed by atoms with Crippen LogP contribution in [0.1, 0.15) is 31.5 Å². The standard InChI is InChI=1S/C28H29F2N7O2/c29-25(30)26-33-20-5-1-2-7-23(20)37(26)28-34-22(17-24(35-28)36-13-15-39-16-14-36)18-8-10-19(11-9-18)32-27(38)21-6-3-4-12-31-21/h1-2,5,7-11,17,21,25,31H,3-4,6,12-16H2,(H,32,38)/t21-/m1/s1. The fourth-order valence-electron chi connectivity index (χ4n) is 5.05. The average Bonchev–Trinajstić information content (AvgIpc) is 3.38. The van der Waals surface area contributed by atoms with Crippen molar-refractivity contribution in [1.29, 1.82) is 0 Å². The summed E-state index contributed by atoms with van der Waals surface area (Å²) in [5.74, 6) is 0.291. The number of ether oxygens (including phenoxy) is 1. The largest absolute Gasteiger partial charge is 0.378 e. The van der Waals surface area contributed by atoms with E-state index in [1.54, 1.807) is 24.3 Å². The van der Waals surface area contributed by atoms with Crippen LogP contribution in [0.5, 0.6) is 0 Å². The fraction of sp³-hybridized carbons (Fsp3) is 0.357. The van der Waals surface area contributed by atoms with Gasteiger partial charge in [-0.2, -0.15) is 4.98 Å². The third-order valence-corrected chi connectivity index (χ3v) is 7.09. The Hall–Kier alpha value is -3.96. The van der Waals surface area contributed by atoms with Gasteiger partial charge in [-0.3, -0.25) is 9.36 Å². The number of carbonyl (C=O) groups excluding carboxylic acids is 1. The highest BCUT2D eigenvalue weighted by atomic mass is 19.3. The molecule has 11 heteroatoms. The molecule has 2 aromatic carbocycles. The number of morpholine rings is 1. The van der Waals surface area contributed by atoms with E-state index in [1.165, 1.54) is 4.57 Å². The number of hydrogen-bond acceptors (Lipinski definition) is 7.